The highest BCUT2D eigenvalue weighted by atomic mass is 16.2. The molecule has 1 aromatic heterocycles. The number of fused-ring (bicyclic) bond motifs is 1. The van der Waals surface area contributed by atoms with Crippen LogP contribution in [0.3, 0.4) is 0 Å². The summed E-state index contributed by atoms with van der Waals surface area (Å²) in [6.45, 7) is 4.28. The van der Waals surface area contributed by atoms with E-state index < -0.39 is 0 Å². The maximum absolute atomic E-state index is 12.6. The first-order chi connectivity index (χ1) is 15.0. The predicted molar refractivity (Wildman–Crippen MR) is 126 cm³/mol. The second kappa shape index (κ2) is 9.16. The molecule has 1 amide bonds. The molecule has 1 fully saturated rings. The summed E-state index contributed by atoms with van der Waals surface area (Å²) in [5.74, 6) is 1.35. The van der Waals surface area contributed by atoms with Gasteiger partial charge in [-0.05, 0) is 55.5 Å². The van der Waals surface area contributed by atoms with E-state index in [4.69, 9.17) is 11.1 Å². The minimum Gasteiger partial charge on any atom is -0.387 e. The first-order valence-corrected chi connectivity index (χ1v) is 10.8. The second-order valence-electron chi connectivity index (χ2n) is 8.33. The predicted octanol–water partition coefficient (Wildman–Crippen LogP) is 3.83. The van der Waals surface area contributed by atoms with Crippen LogP contribution in [0, 0.1) is 11.3 Å². The van der Waals surface area contributed by atoms with Gasteiger partial charge in [0.25, 0.3) is 0 Å². The van der Waals surface area contributed by atoms with Gasteiger partial charge in [-0.15, -0.1) is 0 Å². The Hall–Kier alpha value is -3.41. The molecule has 0 radical (unpaired) electrons. The molecule has 6 nitrogen and oxygen atoms in total. The Morgan fingerprint density at radius 2 is 1.87 bits per heavy atom. The molecule has 0 spiro atoms. The number of hydrogen-bond donors (Lipinski definition) is 2. The van der Waals surface area contributed by atoms with E-state index in [1.807, 2.05) is 47.4 Å². The Bertz CT molecular complexity index is 1100. The van der Waals surface area contributed by atoms with Crippen molar-refractivity contribution in [2.75, 3.05) is 13.1 Å². The van der Waals surface area contributed by atoms with Crippen LogP contribution in [0.1, 0.15) is 30.9 Å². The van der Waals surface area contributed by atoms with Crippen LogP contribution < -0.4 is 5.73 Å². The van der Waals surface area contributed by atoms with Crippen molar-refractivity contribution in [3.05, 3.63) is 71.9 Å². The van der Waals surface area contributed by atoms with Crippen LogP contribution in [-0.2, 0) is 17.8 Å². The van der Waals surface area contributed by atoms with Gasteiger partial charge in [0, 0.05) is 42.3 Å². The van der Waals surface area contributed by atoms with Gasteiger partial charge in [-0.25, -0.2) is 4.99 Å². The third kappa shape index (κ3) is 5.02. The van der Waals surface area contributed by atoms with Gasteiger partial charge in [0.05, 0.1) is 12.3 Å². The number of nitrogens with zero attached hydrogens (tertiary/aromatic N) is 3. The van der Waals surface area contributed by atoms with Crippen molar-refractivity contribution in [2.24, 2.45) is 16.6 Å². The van der Waals surface area contributed by atoms with Gasteiger partial charge in [0.1, 0.15) is 0 Å². The Kier molecular flexibility index (Phi) is 6.16. The molecule has 0 aliphatic carbocycles. The molecule has 3 N–H and O–H groups in total. The number of nitrogens with two attached hydrogens (primary N) is 1. The maximum Gasteiger partial charge on any atom is 0.226 e. The zero-order valence-corrected chi connectivity index (χ0v) is 17.9. The molecule has 2 aromatic carbocycles. The fraction of sp³-hybridized carbons (Fsp3) is 0.320. The fourth-order valence-electron chi connectivity index (χ4n) is 4.27. The number of piperidine rings is 1. The molecule has 6 heteroatoms. The number of hydrogen-bond acceptors (Lipinski definition) is 2. The smallest absolute Gasteiger partial charge is 0.226 e. The monoisotopic (exact) mass is 415 g/mol. The van der Waals surface area contributed by atoms with Crippen LogP contribution in [0.15, 0.2) is 65.8 Å². The van der Waals surface area contributed by atoms with E-state index >= 15 is 0 Å². The summed E-state index contributed by atoms with van der Waals surface area (Å²) in [7, 11) is 0. The number of carbonyl (C=O) groups is 1. The number of amides is 1. The van der Waals surface area contributed by atoms with E-state index in [-0.39, 0.29) is 11.7 Å². The van der Waals surface area contributed by atoms with Crippen molar-refractivity contribution < 1.29 is 4.79 Å². The molecular weight excluding hydrogens is 386 g/mol. The van der Waals surface area contributed by atoms with E-state index in [0.29, 0.717) is 18.2 Å². The molecule has 3 aromatic rings. The van der Waals surface area contributed by atoms with Crippen LogP contribution in [0.4, 0.5) is 0 Å². The summed E-state index contributed by atoms with van der Waals surface area (Å²) in [6, 6.07) is 18.0. The standard InChI is InChI=1S/C25H29N5O/c1-18(26)28-25(27)22-7-8-23-21(16-22)11-14-30(23)17-20-9-12-29(13-10-20)24(31)15-19-5-3-2-4-6-19/h2-8,11,14,16,20H,9-10,12-13,15,17H2,1H3,(H3,26,27,28). The lowest BCUT2D eigenvalue weighted by atomic mass is 9.96. The Balaban J connectivity index is 1.35. The van der Waals surface area contributed by atoms with Crippen molar-refractivity contribution >= 4 is 28.5 Å². The minimum atomic E-state index is 0.183. The van der Waals surface area contributed by atoms with E-state index in [2.05, 4.69) is 27.9 Å². The lowest BCUT2D eigenvalue weighted by Crippen LogP contribution is -2.40. The molecule has 1 saturated heterocycles. The zero-order chi connectivity index (χ0) is 21.8. The number of nitrogens with one attached hydrogen (secondary N) is 1. The van der Waals surface area contributed by atoms with Gasteiger partial charge in [-0.3, -0.25) is 10.2 Å². The number of rotatable bonds is 5. The summed E-state index contributed by atoms with van der Waals surface area (Å²) < 4.78 is 2.28. The summed E-state index contributed by atoms with van der Waals surface area (Å²) in [5, 5.41) is 9.16. The van der Waals surface area contributed by atoms with Crippen LogP contribution in [-0.4, -0.2) is 40.1 Å². The zero-order valence-electron chi connectivity index (χ0n) is 17.9. The lowest BCUT2D eigenvalue weighted by Gasteiger charge is -2.32. The molecular formula is C25H29N5O. The second-order valence-corrected chi connectivity index (χ2v) is 8.33. The lowest BCUT2D eigenvalue weighted by molar-refractivity contribution is -0.131. The van der Waals surface area contributed by atoms with Crippen molar-refractivity contribution in [3.8, 4) is 0 Å². The SMILES string of the molecule is CC(N)=NC(=N)c1ccc2c(ccn2CC2CCN(C(=O)Cc3ccccc3)CC2)c1. The average Bonchev–Trinajstić information content (AvgIpc) is 3.16. The van der Waals surface area contributed by atoms with E-state index in [1.54, 1.807) is 6.92 Å². The van der Waals surface area contributed by atoms with Crippen LogP contribution in [0.25, 0.3) is 10.9 Å². The van der Waals surface area contributed by atoms with Crippen molar-refractivity contribution in [2.45, 2.75) is 32.7 Å². The molecule has 0 saturated carbocycles. The molecule has 160 valence electrons. The van der Waals surface area contributed by atoms with Gasteiger partial charge in [0.15, 0.2) is 5.84 Å². The van der Waals surface area contributed by atoms with Crippen LogP contribution in [0.2, 0.25) is 0 Å². The molecule has 0 unspecified atom stereocenters. The number of benzene rings is 2. The van der Waals surface area contributed by atoms with Gasteiger partial charge in [0.2, 0.25) is 5.91 Å². The van der Waals surface area contributed by atoms with Crippen molar-refractivity contribution in [3.63, 3.8) is 0 Å². The summed E-state index contributed by atoms with van der Waals surface area (Å²) in [5.41, 5.74) is 8.60. The summed E-state index contributed by atoms with van der Waals surface area (Å²) in [6.07, 6.45) is 4.64. The quantitative estimate of drug-likeness (QED) is 0.490. The Morgan fingerprint density at radius 3 is 2.58 bits per heavy atom. The first kappa shape index (κ1) is 20.8. The third-order valence-electron chi connectivity index (χ3n) is 5.95. The highest BCUT2D eigenvalue weighted by molar-refractivity contribution is 6.05. The normalized spacial score (nSPS) is 15.4. The topological polar surface area (TPSA) is 87.5 Å². The summed E-state index contributed by atoms with van der Waals surface area (Å²) >= 11 is 0. The molecule has 0 bridgehead atoms. The fourth-order valence-corrected chi connectivity index (χ4v) is 4.27. The molecule has 31 heavy (non-hydrogen) atoms. The Labute approximate surface area is 182 Å². The van der Waals surface area contributed by atoms with Gasteiger partial charge in [-0.1, -0.05) is 30.3 Å². The number of amidine groups is 2. The van der Waals surface area contributed by atoms with Gasteiger partial charge in [-0.2, -0.15) is 0 Å². The third-order valence-corrected chi connectivity index (χ3v) is 5.95. The molecule has 1 aliphatic rings. The highest BCUT2D eigenvalue weighted by Gasteiger charge is 2.23. The first-order valence-electron chi connectivity index (χ1n) is 10.8. The van der Waals surface area contributed by atoms with Crippen molar-refractivity contribution in [1.29, 1.82) is 5.41 Å². The minimum absolute atomic E-state index is 0.183. The van der Waals surface area contributed by atoms with E-state index in [0.717, 1.165) is 54.5 Å². The van der Waals surface area contributed by atoms with Crippen LogP contribution >= 0.6 is 0 Å². The number of carbonyl (C=O) groups excluding carboxylic acids is 1. The Morgan fingerprint density at radius 1 is 1.13 bits per heavy atom. The van der Waals surface area contributed by atoms with Gasteiger partial charge < -0.3 is 15.2 Å². The number of aromatic nitrogens is 1. The van der Waals surface area contributed by atoms with E-state index in [9.17, 15) is 4.79 Å². The number of likely N-dealkylation sites (tertiary alicyclic amines) is 1. The molecule has 2 heterocycles. The van der Waals surface area contributed by atoms with E-state index in [1.165, 1.54) is 0 Å². The average molecular weight is 416 g/mol. The number of aliphatic imine (C=N–C) groups is 1. The molecule has 0 atom stereocenters. The maximum atomic E-state index is 12.6. The summed E-state index contributed by atoms with van der Waals surface area (Å²) in [4.78, 5) is 18.7. The molecule has 4 rings (SSSR count). The largest absolute Gasteiger partial charge is 0.387 e. The van der Waals surface area contributed by atoms with Gasteiger partial charge >= 0.3 is 0 Å². The highest BCUT2D eigenvalue weighted by Crippen LogP contribution is 2.24. The molecule has 1 aliphatic heterocycles. The van der Waals surface area contributed by atoms with Crippen LogP contribution in [0.5, 0.6) is 0 Å². The van der Waals surface area contributed by atoms with Crippen molar-refractivity contribution in [1.82, 2.24) is 9.47 Å².